The maximum Gasteiger partial charge on any atom is -0.0146 e. The van der Waals surface area contributed by atoms with E-state index in [0.717, 1.165) is 17.8 Å². The minimum Gasteiger partial charge on any atom is -0.0847 e. The molecule has 0 heteroatoms. The molecule has 0 saturated heterocycles. The van der Waals surface area contributed by atoms with E-state index in [1.807, 2.05) is 0 Å². The molecule has 0 spiro atoms. The molecule has 0 radical (unpaired) electrons. The monoisotopic (exact) mass is 122 g/mol. The van der Waals surface area contributed by atoms with E-state index in [2.05, 4.69) is 19.9 Å². The average molecular weight is 122 g/mol. The second-order valence-corrected chi connectivity index (χ2v) is 3.70. The Morgan fingerprint density at radius 3 is 2.56 bits per heavy atom. The fourth-order valence-electron chi connectivity index (χ4n) is 2.47. The molecular weight excluding hydrogens is 108 g/mol. The highest BCUT2D eigenvalue weighted by molar-refractivity contribution is 5.24. The smallest absolute Gasteiger partial charge is 0.0146 e. The van der Waals surface area contributed by atoms with Crippen LogP contribution in [0.2, 0.25) is 0 Å². The maximum atomic E-state index is 2.45. The summed E-state index contributed by atoms with van der Waals surface area (Å²) in [4.78, 5) is 0. The first-order chi connectivity index (χ1) is 4.29. The number of rotatable bonds is 0. The lowest BCUT2D eigenvalue weighted by atomic mass is 9.68. The summed E-state index contributed by atoms with van der Waals surface area (Å²) in [5, 5.41) is 0. The molecular formula is C9H14. The Labute approximate surface area is 57.0 Å². The maximum absolute atomic E-state index is 2.45. The molecule has 0 aromatic heterocycles. The highest BCUT2D eigenvalue weighted by atomic mass is 14.4. The van der Waals surface area contributed by atoms with E-state index in [4.69, 9.17) is 0 Å². The summed E-state index contributed by atoms with van der Waals surface area (Å²) >= 11 is 0. The van der Waals surface area contributed by atoms with Gasteiger partial charge in [0.05, 0.1) is 0 Å². The van der Waals surface area contributed by atoms with Crippen molar-refractivity contribution in [2.75, 3.05) is 0 Å². The van der Waals surface area contributed by atoms with Crippen LogP contribution in [-0.2, 0) is 0 Å². The highest BCUT2D eigenvalue weighted by Crippen LogP contribution is 2.49. The average Bonchev–Trinajstić information content (AvgIpc) is 2.04. The lowest BCUT2D eigenvalue weighted by molar-refractivity contribution is 0.241. The molecule has 2 rings (SSSR count). The van der Waals surface area contributed by atoms with Crippen molar-refractivity contribution < 1.29 is 0 Å². The molecule has 9 heavy (non-hydrogen) atoms. The molecule has 0 heterocycles. The van der Waals surface area contributed by atoms with E-state index < -0.39 is 0 Å². The fraction of sp³-hybridized carbons (Fsp3) is 0.778. The lowest BCUT2D eigenvalue weighted by Crippen LogP contribution is -2.27. The van der Waals surface area contributed by atoms with E-state index >= 15 is 0 Å². The summed E-state index contributed by atoms with van der Waals surface area (Å²) in [5.74, 6) is 2.95. The fourth-order valence-corrected chi connectivity index (χ4v) is 2.47. The van der Waals surface area contributed by atoms with Crippen LogP contribution in [0.25, 0.3) is 0 Å². The van der Waals surface area contributed by atoms with Gasteiger partial charge < -0.3 is 0 Å². The van der Waals surface area contributed by atoms with Crippen LogP contribution in [0.4, 0.5) is 0 Å². The Morgan fingerprint density at radius 2 is 2.11 bits per heavy atom. The van der Waals surface area contributed by atoms with Crippen LogP contribution in [0.3, 0.4) is 0 Å². The van der Waals surface area contributed by atoms with Gasteiger partial charge in [-0.2, -0.15) is 0 Å². The Morgan fingerprint density at radius 1 is 1.33 bits per heavy atom. The van der Waals surface area contributed by atoms with E-state index in [9.17, 15) is 0 Å². The van der Waals surface area contributed by atoms with Crippen molar-refractivity contribution in [1.29, 1.82) is 0 Å². The zero-order valence-corrected chi connectivity index (χ0v) is 6.22. The van der Waals surface area contributed by atoms with Crippen LogP contribution in [-0.4, -0.2) is 0 Å². The molecule has 0 N–H and O–H groups in total. The number of hydrogen-bond acceptors (Lipinski definition) is 0. The molecule has 0 amide bonds. The van der Waals surface area contributed by atoms with Crippen LogP contribution in [0.1, 0.15) is 26.7 Å². The van der Waals surface area contributed by atoms with Gasteiger partial charge in [-0.25, -0.2) is 0 Å². The third-order valence-corrected chi connectivity index (χ3v) is 2.96. The molecule has 0 aliphatic heterocycles. The van der Waals surface area contributed by atoms with E-state index in [1.54, 1.807) is 5.57 Å². The Hall–Kier alpha value is -0.260. The number of hydrogen-bond donors (Lipinski definition) is 0. The minimum atomic E-state index is 0.962. The van der Waals surface area contributed by atoms with Gasteiger partial charge in [0.15, 0.2) is 0 Å². The van der Waals surface area contributed by atoms with Crippen LogP contribution in [0.15, 0.2) is 11.6 Å². The zero-order valence-electron chi connectivity index (χ0n) is 6.22. The van der Waals surface area contributed by atoms with Crippen molar-refractivity contribution in [1.82, 2.24) is 0 Å². The summed E-state index contributed by atoms with van der Waals surface area (Å²) in [7, 11) is 0. The van der Waals surface area contributed by atoms with E-state index in [-0.39, 0.29) is 0 Å². The van der Waals surface area contributed by atoms with E-state index in [0.29, 0.717) is 0 Å². The van der Waals surface area contributed by atoms with Gasteiger partial charge in [-0.3, -0.25) is 0 Å². The molecule has 3 unspecified atom stereocenters. The third-order valence-electron chi connectivity index (χ3n) is 2.96. The van der Waals surface area contributed by atoms with E-state index in [1.165, 1.54) is 12.8 Å². The van der Waals surface area contributed by atoms with Gasteiger partial charge in [-0.15, -0.1) is 0 Å². The van der Waals surface area contributed by atoms with Gasteiger partial charge in [0.25, 0.3) is 0 Å². The molecule has 0 aromatic rings. The second kappa shape index (κ2) is 1.62. The van der Waals surface area contributed by atoms with Crippen molar-refractivity contribution >= 4 is 0 Å². The largest absolute Gasteiger partial charge is 0.0847 e. The topological polar surface area (TPSA) is 0 Å². The first-order valence-electron chi connectivity index (χ1n) is 3.98. The molecule has 3 atom stereocenters. The predicted molar refractivity (Wildman–Crippen MR) is 39.1 cm³/mol. The molecule has 0 bridgehead atoms. The SMILES string of the molecule is CC1CC=C2CC(C)C21. The summed E-state index contributed by atoms with van der Waals surface area (Å²) in [6, 6.07) is 0. The van der Waals surface area contributed by atoms with Crippen molar-refractivity contribution in [3.63, 3.8) is 0 Å². The zero-order chi connectivity index (χ0) is 6.43. The Balaban J connectivity index is 2.16. The first kappa shape index (κ1) is 5.52. The Kier molecular flexibility index (Phi) is 0.992. The van der Waals surface area contributed by atoms with Crippen molar-refractivity contribution in [3.8, 4) is 0 Å². The quantitative estimate of drug-likeness (QED) is 0.433. The van der Waals surface area contributed by atoms with Crippen LogP contribution >= 0.6 is 0 Å². The number of allylic oxidation sites excluding steroid dienone is 2. The van der Waals surface area contributed by atoms with Crippen molar-refractivity contribution in [2.24, 2.45) is 17.8 Å². The van der Waals surface area contributed by atoms with Crippen molar-refractivity contribution in [3.05, 3.63) is 11.6 Å². The van der Waals surface area contributed by atoms with Gasteiger partial charge in [-0.05, 0) is 30.6 Å². The molecule has 1 saturated carbocycles. The van der Waals surface area contributed by atoms with Gasteiger partial charge in [0.1, 0.15) is 0 Å². The first-order valence-corrected chi connectivity index (χ1v) is 3.98. The second-order valence-electron chi connectivity index (χ2n) is 3.70. The molecule has 50 valence electrons. The van der Waals surface area contributed by atoms with Gasteiger partial charge >= 0.3 is 0 Å². The van der Waals surface area contributed by atoms with Crippen LogP contribution in [0, 0.1) is 17.8 Å². The minimum absolute atomic E-state index is 0.962. The summed E-state index contributed by atoms with van der Waals surface area (Å²) in [6.45, 7) is 4.76. The van der Waals surface area contributed by atoms with Crippen LogP contribution < -0.4 is 0 Å². The Bertz CT molecular complexity index is 155. The molecule has 0 aromatic carbocycles. The standard InChI is InChI=1S/C9H14/c1-6-3-4-8-5-7(2)9(6)8/h4,6-7,9H,3,5H2,1-2H3. The molecule has 2 aliphatic rings. The predicted octanol–water partition coefficient (Wildman–Crippen LogP) is 2.61. The highest BCUT2D eigenvalue weighted by Gasteiger charge is 2.38. The molecule has 0 nitrogen and oxygen atoms in total. The lowest BCUT2D eigenvalue weighted by Gasteiger charge is -2.37. The molecule has 2 aliphatic carbocycles. The van der Waals surface area contributed by atoms with Crippen molar-refractivity contribution in [2.45, 2.75) is 26.7 Å². The summed E-state index contributed by atoms with van der Waals surface area (Å²) < 4.78 is 0. The third kappa shape index (κ3) is 0.593. The summed E-state index contributed by atoms with van der Waals surface area (Å²) in [6.07, 6.45) is 5.20. The number of fused-ring (bicyclic) bond motifs is 1. The summed E-state index contributed by atoms with van der Waals surface area (Å²) in [5.41, 5.74) is 1.76. The normalized spacial score (nSPS) is 47.8. The van der Waals surface area contributed by atoms with Gasteiger partial charge in [-0.1, -0.05) is 25.5 Å². The van der Waals surface area contributed by atoms with Gasteiger partial charge in [0, 0.05) is 0 Å². The van der Waals surface area contributed by atoms with Crippen LogP contribution in [0.5, 0.6) is 0 Å². The molecule has 1 fully saturated rings. The van der Waals surface area contributed by atoms with Gasteiger partial charge in [0.2, 0.25) is 0 Å².